The van der Waals surface area contributed by atoms with Crippen molar-refractivity contribution in [3.05, 3.63) is 65.8 Å². The zero-order valence-electron chi connectivity index (χ0n) is 28.3. The van der Waals surface area contributed by atoms with Crippen LogP contribution in [-0.4, -0.2) is 94.4 Å². The average Bonchev–Trinajstić information content (AvgIpc) is 3.81. The van der Waals surface area contributed by atoms with E-state index >= 15 is 0 Å². The molecule has 4 aromatic rings. The van der Waals surface area contributed by atoms with Crippen molar-refractivity contribution in [3.63, 3.8) is 0 Å². The van der Waals surface area contributed by atoms with E-state index in [1.807, 2.05) is 24.6 Å². The minimum atomic E-state index is -1.57. The highest BCUT2D eigenvalue weighted by Crippen LogP contribution is 2.57. The fourth-order valence-electron chi connectivity index (χ4n) is 6.51. The van der Waals surface area contributed by atoms with Crippen LogP contribution in [0.15, 0.2) is 43.0 Å². The molecule has 2 aliphatic rings. The minimum absolute atomic E-state index is 0.132. The first-order valence-corrected chi connectivity index (χ1v) is 17.3. The molecule has 5 atom stereocenters. The summed E-state index contributed by atoms with van der Waals surface area (Å²) in [6.45, 7) is 20.8. The Morgan fingerprint density at radius 3 is 2.60 bits per heavy atom. The number of imidazole rings is 1. The molecule has 2 saturated heterocycles. The molecule has 15 nitrogen and oxygen atoms in total. The second-order valence-electron chi connectivity index (χ2n) is 12.5. The Balaban J connectivity index is 1.40. The molecule has 1 unspecified atom stereocenters. The SMILES string of the molecule is [C-]#[N+]CCOP(O[C@H]1[C@@H]2[C@H](n3cnc4c(NC(=O)c5ccccc5)ncnc43)O[C@@]1(CC)CN2c1nc(C)n(C)n1)N(C(C)C)C(C)C. The van der Waals surface area contributed by atoms with Crippen LogP contribution in [0.5, 0.6) is 0 Å². The number of rotatable bonds is 13. The van der Waals surface area contributed by atoms with Gasteiger partial charge in [-0.05, 0) is 53.2 Å². The van der Waals surface area contributed by atoms with Gasteiger partial charge in [-0.25, -0.2) is 26.2 Å². The second kappa shape index (κ2) is 13.8. The van der Waals surface area contributed by atoms with Gasteiger partial charge in [-0.15, -0.1) is 5.10 Å². The Bertz CT molecular complexity index is 1760. The van der Waals surface area contributed by atoms with Gasteiger partial charge in [0.2, 0.25) is 12.5 Å². The number of benzene rings is 1. The Morgan fingerprint density at radius 2 is 1.96 bits per heavy atom. The lowest BCUT2D eigenvalue weighted by molar-refractivity contribution is -0.102. The van der Waals surface area contributed by atoms with Gasteiger partial charge in [-0.3, -0.25) is 14.0 Å². The van der Waals surface area contributed by atoms with E-state index in [-0.39, 0.29) is 31.1 Å². The average molecular weight is 676 g/mol. The molecule has 1 aromatic carbocycles. The lowest BCUT2D eigenvalue weighted by Crippen LogP contribution is -2.46. The molecular weight excluding hydrogens is 633 g/mol. The lowest BCUT2D eigenvalue weighted by Gasteiger charge is -2.38. The molecule has 254 valence electrons. The number of anilines is 2. The molecule has 1 amide bonds. The molecule has 6 rings (SSSR count). The molecule has 0 saturated carbocycles. The summed E-state index contributed by atoms with van der Waals surface area (Å²) in [5.41, 5.74) is 0.693. The third-order valence-corrected chi connectivity index (χ3v) is 11.0. The number of morpholine rings is 1. The van der Waals surface area contributed by atoms with Gasteiger partial charge in [0.1, 0.15) is 36.5 Å². The van der Waals surface area contributed by atoms with Crippen molar-refractivity contribution in [1.82, 2.24) is 39.0 Å². The van der Waals surface area contributed by atoms with Gasteiger partial charge in [0.05, 0.1) is 12.9 Å². The zero-order chi connectivity index (χ0) is 34.2. The van der Waals surface area contributed by atoms with Crippen molar-refractivity contribution in [2.75, 3.05) is 29.9 Å². The van der Waals surface area contributed by atoms with E-state index in [1.54, 1.807) is 35.3 Å². The topological polar surface area (TPSA) is 142 Å². The molecule has 48 heavy (non-hydrogen) atoms. The van der Waals surface area contributed by atoms with E-state index in [0.29, 0.717) is 41.5 Å². The first-order valence-electron chi connectivity index (χ1n) is 16.2. The van der Waals surface area contributed by atoms with E-state index in [4.69, 9.17) is 30.4 Å². The Hall–Kier alpha value is -4.06. The van der Waals surface area contributed by atoms with Gasteiger partial charge in [-0.2, -0.15) is 4.98 Å². The van der Waals surface area contributed by atoms with Crippen LogP contribution in [0.1, 0.15) is 63.4 Å². The number of amides is 1. The maximum Gasteiger partial charge on any atom is 0.259 e. The van der Waals surface area contributed by atoms with Crippen LogP contribution in [0.25, 0.3) is 16.0 Å². The molecular formula is C32H42N11O4P. The number of hydrogen-bond donors (Lipinski definition) is 1. The summed E-state index contributed by atoms with van der Waals surface area (Å²) in [6, 6.07) is 8.82. The highest BCUT2D eigenvalue weighted by Gasteiger charge is 2.66. The quantitative estimate of drug-likeness (QED) is 0.119. The molecule has 1 N–H and O–H groups in total. The van der Waals surface area contributed by atoms with Gasteiger partial charge in [0, 0.05) is 24.7 Å². The Kier molecular flexibility index (Phi) is 9.74. The van der Waals surface area contributed by atoms with E-state index in [9.17, 15) is 4.79 Å². The van der Waals surface area contributed by atoms with Gasteiger partial charge in [0.15, 0.2) is 23.2 Å². The van der Waals surface area contributed by atoms with Crippen molar-refractivity contribution >= 4 is 37.4 Å². The maximum absolute atomic E-state index is 13.0. The Morgan fingerprint density at radius 1 is 1.21 bits per heavy atom. The fourth-order valence-corrected chi connectivity index (χ4v) is 8.32. The van der Waals surface area contributed by atoms with Crippen molar-refractivity contribution in [3.8, 4) is 0 Å². The van der Waals surface area contributed by atoms with Crippen molar-refractivity contribution in [2.45, 2.75) is 84.0 Å². The molecule has 0 radical (unpaired) electrons. The number of ether oxygens (including phenoxy) is 1. The number of nitrogens with one attached hydrogen (secondary N) is 1. The molecule has 2 aliphatic heterocycles. The van der Waals surface area contributed by atoms with Crippen LogP contribution in [0.3, 0.4) is 0 Å². The highest BCUT2D eigenvalue weighted by atomic mass is 31.2. The number of carbonyl (C=O) groups excluding carboxylic acids is 1. The number of fused-ring (bicyclic) bond motifs is 3. The second-order valence-corrected chi connectivity index (χ2v) is 13.9. The number of hydrogen-bond acceptors (Lipinski definition) is 11. The van der Waals surface area contributed by atoms with E-state index in [2.05, 4.69) is 69.3 Å². The van der Waals surface area contributed by atoms with Gasteiger partial charge in [0.25, 0.3) is 14.4 Å². The Labute approximate surface area is 281 Å². The smallest absolute Gasteiger partial charge is 0.259 e. The number of aryl methyl sites for hydroxylation is 2. The van der Waals surface area contributed by atoms with Crippen LogP contribution >= 0.6 is 8.53 Å². The monoisotopic (exact) mass is 675 g/mol. The van der Waals surface area contributed by atoms with Crippen LogP contribution in [0.4, 0.5) is 11.8 Å². The van der Waals surface area contributed by atoms with Crippen LogP contribution < -0.4 is 10.2 Å². The minimum Gasteiger partial charge on any atom is -0.344 e. The first-order chi connectivity index (χ1) is 23.1. The molecule has 3 aromatic heterocycles. The number of nitrogens with zero attached hydrogens (tertiary/aromatic N) is 10. The van der Waals surface area contributed by atoms with Crippen LogP contribution in [-0.2, 0) is 20.8 Å². The van der Waals surface area contributed by atoms with Gasteiger partial charge in [-0.1, -0.05) is 25.1 Å². The normalized spacial score (nSPS) is 22.7. The van der Waals surface area contributed by atoms with E-state index in [1.165, 1.54) is 6.33 Å². The summed E-state index contributed by atoms with van der Waals surface area (Å²) in [4.78, 5) is 37.1. The third-order valence-electron chi connectivity index (χ3n) is 8.86. The van der Waals surface area contributed by atoms with Crippen LogP contribution in [0, 0.1) is 13.5 Å². The van der Waals surface area contributed by atoms with Gasteiger partial charge < -0.3 is 28.8 Å². The molecule has 16 heteroatoms. The predicted octanol–water partition coefficient (Wildman–Crippen LogP) is 4.75. The summed E-state index contributed by atoms with van der Waals surface area (Å²) in [7, 11) is 0.297. The lowest BCUT2D eigenvalue weighted by atomic mass is 9.96. The molecule has 5 heterocycles. The summed E-state index contributed by atoms with van der Waals surface area (Å²) < 4.78 is 26.3. The van der Waals surface area contributed by atoms with Crippen molar-refractivity contribution in [1.29, 1.82) is 0 Å². The van der Waals surface area contributed by atoms with E-state index < -0.39 is 32.5 Å². The first kappa shape index (κ1) is 33.8. The predicted molar refractivity (Wildman–Crippen MR) is 181 cm³/mol. The zero-order valence-corrected chi connectivity index (χ0v) is 29.2. The summed E-state index contributed by atoms with van der Waals surface area (Å²) in [5, 5.41) is 7.64. The maximum atomic E-state index is 13.0. The third kappa shape index (κ3) is 6.15. The highest BCUT2D eigenvalue weighted by molar-refractivity contribution is 7.44. The number of aromatic nitrogens is 7. The summed E-state index contributed by atoms with van der Waals surface area (Å²) in [5.74, 6) is 1.36. The van der Waals surface area contributed by atoms with Crippen molar-refractivity contribution in [2.24, 2.45) is 7.05 Å². The van der Waals surface area contributed by atoms with E-state index in [0.717, 1.165) is 5.82 Å². The summed E-state index contributed by atoms with van der Waals surface area (Å²) >= 11 is 0. The number of carbonyl (C=O) groups is 1. The largest absolute Gasteiger partial charge is 0.344 e. The fraction of sp³-hybridized carbons (Fsp3) is 0.531. The molecule has 0 aliphatic carbocycles. The standard InChI is InChI=1S/C32H42N11O4P/c1-9-32-17-41(31-37-22(6)40(8)39-31)25(26(32)47-48(45-16-15-33-7)43(20(2)3)21(4)5)30(46-32)42-19-36-24-27(34-18-35-28(24)42)38-29(44)23-13-11-10-12-14-23/h10-14,18-21,25-26,30H,9,15-17H2,1-6,8H3,(H,34,35,38,44)/t25-,26+,30-,32+,48?/m1/s1. The van der Waals surface area contributed by atoms with Crippen molar-refractivity contribution < 1.29 is 18.6 Å². The van der Waals surface area contributed by atoms with Gasteiger partial charge >= 0.3 is 0 Å². The molecule has 0 spiro atoms. The van der Waals surface area contributed by atoms with Crippen LogP contribution in [0.2, 0.25) is 0 Å². The molecule has 2 bridgehead atoms. The summed E-state index contributed by atoms with van der Waals surface area (Å²) in [6.07, 6.45) is 2.67. The molecule has 2 fully saturated rings.